The minimum atomic E-state index is -0.182. The number of ether oxygens (including phenoxy) is 2. The summed E-state index contributed by atoms with van der Waals surface area (Å²) in [6, 6.07) is 17.8. The summed E-state index contributed by atoms with van der Waals surface area (Å²) in [5.41, 5.74) is 2.70. The molecule has 2 aliphatic heterocycles. The van der Waals surface area contributed by atoms with E-state index in [1.54, 1.807) is 6.07 Å². The highest BCUT2D eigenvalue weighted by Gasteiger charge is 2.18. The third kappa shape index (κ3) is 5.02. The number of hydrogen-bond acceptors (Lipinski definition) is 5. The normalized spacial score (nSPS) is 16.6. The molecular formula is C27H30FN3O2. The summed E-state index contributed by atoms with van der Waals surface area (Å²) in [5, 5.41) is 5.62. The van der Waals surface area contributed by atoms with E-state index in [0.29, 0.717) is 25.0 Å². The summed E-state index contributed by atoms with van der Waals surface area (Å²) in [7, 11) is 0. The van der Waals surface area contributed by atoms with Crippen molar-refractivity contribution in [2.45, 2.75) is 12.8 Å². The summed E-state index contributed by atoms with van der Waals surface area (Å²) in [6.45, 7) is 6.49. The van der Waals surface area contributed by atoms with Crippen molar-refractivity contribution < 1.29 is 13.9 Å². The Bertz CT molecular complexity index is 1140. The fourth-order valence-corrected chi connectivity index (χ4v) is 4.68. The van der Waals surface area contributed by atoms with Gasteiger partial charge in [-0.3, -0.25) is 9.89 Å². The Morgan fingerprint density at radius 3 is 2.67 bits per heavy atom. The van der Waals surface area contributed by atoms with Crippen LogP contribution in [-0.4, -0.2) is 63.3 Å². The van der Waals surface area contributed by atoms with E-state index in [-0.39, 0.29) is 5.82 Å². The number of hydrogen-bond donors (Lipinski definition) is 1. The maximum atomic E-state index is 14.9. The number of fused-ring (bicyclic) bond motifs is 1. The van der Waals surface area contributed by atoms with Gasteiger partial charge in [-0.05, 0) is 41.3 Å². The zero-order valence-electron chi connectivity index (χ0n) is 18.9. The van der Waals surface area contributed by atoms with Gasteiger partial charge in [0.2, 0.25) is 0 Å². The van der Waals surface area contributed by atoms with Crippen LogP contribution in [0.15, 0.2) is 59.6 Å². The molecule has 0 saturated carbocycles. The lowest BCUT2D eigenvalue weighted by Gasteiger charge is -2.26. The van der Waals surface area contributed by atoms with Crippen molar-refractivity contribution >= 4 is 16.6 Å². The monoisotopic (exact) mass is 447 g/mol. The average Bonchev–Trinajstić information content (AvgIpc) is 3.39. The number of amidine groups is 1. The third-order valence-electron chi connectivity index (χ3n) is 6.44. The fraction of sp³-hybridized carbons (Fsp3) is 0.370. The number of halogens is 1. The standard InChI is InChI=1S/C27H30FN3O2/c28-25-7-3-6-24(27-29-12-13-30-27)22(25)9-10-23-21-5-2-1-4-20(21)8-11-26(23)33-19-16-31-14-17-32-18-15-31/h1-8,11H,9-10,12-19H2,(H,29,30). The summed E-state index contributed by atoms with van der Waals surface area (Å²) in [5.74, 6) is 1.50. The maximum absolute atomic E-state index is 14.9. The Hall–Kier alpha value is -2.96. The topological polar surface area (TPSA) is 46.1 Å². The van der Waals surface area contributed by atoms with Gasteiger partial charge in [-0.15, -0.1) is 0 Å². The molecular weight excluding hydrogens is 417 g/mol. The molecule has 0 unspecified atom stereocenters. The molecule has 0 aromatic heterocycles. The van der Waals surface area contributed by atoms with Gasteiger partial charge < -0.3 is 14.8 Å². The van der Waals surface area contributed by atoms with E-state index < -0.39 is 0 Å². The van der Waals surface area contributed by atoms with Crippen molar-refractivity contribution in [2.24, 2.45) is 4.99 Å². The smallest absolute Gasteiger partial charge is 0.128 e. The number of nitrogens with zero attached hydrogens (tertiary/aromatic N) is 2. The Kier molecular flexibility index (Phi) is 6.84. The van der Waals surface area contributed by atoms with Crippen molar-refractivity contribution in [2.75, 3.05) is 52.5 Å². The summed E-state index contributed by atoms with van der Waals surface area (Å²) >= 11 is 0. The lowest BCUT2D eigenvalue weighted by atomic mass is 9.95. The van der Waals surface area contributed by atoms with E-state index in [4.69, 9.17) is 9.47 Å². The van der Waals surface area contributed by atoms with Crippen molar-refractivity contribution in [3.8, 4) is 5.75 Å². The van der Waals surface area contributed by atoms with Crippen molar-refractivity contribution in [3.63, 3.8) is 0 Å². The van der Waals surface area contributed by atoms with Gasteiger partial charge in [0, 0.05) is 37.3 Å². The lowest BCUT2D eigenvalue weighted by Crippen LogP contribution is -2.38. The second-order valence-electron chi connectivity index (χ2n) is 8.49. The zero-order valence-corrected chi connectivity index (χ0v) is 18.9. The average molecular weight is 448 g/mol. The largest absolute Gasteiger partial charge is 0.492 e. The Morgan fingerprint density at radius 2 is 1.82 bits per heavy atom. The highest BCUT2D eigenvalue weighted by Crippen LogP contribution is 2.30. The van der Waals surface area contributed by atoms with Crippen LogP contribution in [0.1, 0.15) is 16.7 Å². The van der Waals surface area contributed by atoms with Gasteiger partial charge in [0.1, 0.15) is 24.0 Å². The molecule has 1 N–H and O–H groups in total. The quantitative estimate of drug-likeness (QED) is 0.570. The predicted molar refractivity (Wildman–Crippen MR) is 130 cm³/mol. The highest BCUT2D eigenvalue weighted by atomic mass is 19.1. The molecule has 0 atom stereocenters. The maximum Gasteiger partial charge on any atom is 0.128 e. The van der Waals surface area contributed by atoms with Gasteiger partial charge >= 0.3 is 0 Å². The molecule has 0 radical (unpaired) electrons. The second kappa shape index (κ2) is 10.3. The number of nitrogens with one attached hydrogen (secondary N) is 1. The van der Waals surface area contributed by atoms with E-state index in [9.17, 15) is 4.39 Å². The van der Waals surface area contributed by atoms with Crippen LogP contribution in [0.2, 0.25) is 0 Å². The minimum absolute atomic E-state index is 0.182. The molecule has 1 saturated heterocycles. The summed E-state index contributed by atoms with van der Waals surface area (Å²) in [6.07, 6.45) is 1.27. The van der Waals surface area contributed by atoms with Crippen LogP contribution in [0.4, 0.5) is 4.39 Å². The molecule has 0 bridgehead atoms. The summed E-state index contributed by atoms with van der Waals surface area (Å²) < 4.78 is 26.6. The van der Waals surface area contributed by atoms with E-state index >= 15 is 0 Å². The van der Waals surface area contributed by atoms with Crippen LogP contribution in [0.5, 0.6) is 5.75 Å². The van der Waals surface area contributed by atoms with Crippen LogP contribution in [0, 0.1) is 5.82 Å². The van der Waals surface area contributed by atoms with Crippen LogP contribution >= 0.6 is 0 Å². The first-order chi connectivity index (χ1) is 16.3. The summed E-state index contributed by atoms with van der Waals surface area (Å²) in [4.78, 5) is 6.88. The lowest BCUT2D eigenvalue weighted by molar-refractivity contribution is 0.0322. The predicted octanol–water partition coefficient (Wildman–Crippen LogP) is 3.82. The van der Waals surface area contributed by atoms with E-state index in [2.05, 4.69) is 45.5 Å². The highest BCUT2D eigenvalue weighted by molar-refractivity contribution is 6.01. The number of morpholine rings is 1. The van der Waals surface area contributed by atoms with Crippen molar-refractivity contribution in [1.82, 2.24) is 10.2 Å². The number of benzene rings is 3. The molecule has 5 rings (SSSR count). The first-order valence-corrected chi connectivity index (χ1v) is 11.8. The Labute approximate surface area is 194 Å². The molecule has 0 amide bonds. The second-order valence-corrected chi connectivity index (χ2v) is 8.49. The third-order valence-corrected chi connectivity index (χ3v) is 6.44. The molecule has 6 heteroatoms. The van der Waals surface area contributed by atoms with Crippen molar-refractivity contribution in [3.05, 3.63) is 77.1 Å². The SMILES string of the molecule is Fc1cccc(C2=NCCN2)c1CCc1c(OCCN2CCOCC2)ccc2ccccc12. The van der Waals surface area contributed by atoms with Crippen LogP contribution in [0.25, 0.3) is 10.8 Å². The number of aryl methyl sites for hydroxylation is 1. The van der Waals surface area contributed by atoms with E-state index in [0.717, 1.165) is 74.0 Å². The first kappa shape index (κ1) is 21.9. The zero-order chi connectivity index (χ0) is 22.5. The van der Waals surface area contributed by atoms with Gasteiger partial charge in [0.15, 0.2) is 0 Å². The molecule has 33 heavy (non-hydrogen) atoms. The van der Waals surface area contributed by atoms with Crippen LogP contribution in [-0.2, 0) is 17.6 Å². The molecule has 2 aliphatic rings. The first-order valence-electron chi connectivity index (χ1n) is 11.8. The minimum Gasteiger partial charge on any atom is -0.492 e. The van der Waals surface area contributed by atoms with Gasteiger partial charge in [0.05, 0.1) is 19.8 Å². The Morgan fingerprint density at radius 1 is 0.970 bits per heavy atom. The fourth-order valence-electron chi connectivity index (χ4n) is 4.68. The Balaban J connectivity index is 1.38. The van der Waals surface area contributed by atoms with Gasteiger partial charge in [-0.1, -0.05) is 42.5 Å². The molecule has 2 heterocycles. The molecule has 3 aromatic carbocycles. The van der Waals surface area contributed by atoms with Gasteiger partial charge in [-0.25, -0.2) is 4.39 Å². The molecule has 3 aromatic rings. The number of aliphatic imine (C=N–C) groups is 1. The molecule has 0 spiro atoms. The molecule has 1 fully saturated rings. The van der Waals surface area contributed by atoms with Gasteiger partial charge in [0.25, 0.3) is 0 Å². The number of rotatable bonds is 8. The van der Waals surface area contributed by atoms with Gasteiger partial charge in [-0.2, -0.15) is 0 Å². The van der Waals surface area contributed by atoms with Crippen LogP contribution < -0.4 is 10.1 Å². The molecule has 0 aliphatic carbocycles. The van der Waals surface area contributed by atoms with E-state index in [1.807, 2.05) is 12.1 Å². The van der Waals surface area contributed by atoms with Crippen molar-refractivity contribution in [1.29, 1.82) is 0 Å². The molecule has 5 nitrogen and oxygen atoms in total. The van der Waals surface area contributed by atoms with Crippen LogP contribution in [0.3, 0.4) is 0 Å². The molecule has 172 valence electrons. The van der Waals surface area contributed by atoms with E-state index in [1.165, 1.54) is 11.5 Å².